The maximum Gasteiger partial charge on any atom is 0.311 e. The summed E-state index contributed by atoms with van der Waals surface area (Å²) in [6.07, 6.45) is 0. The molecule has 5 nitrogen and oxygen atoms in total. The fourth-order valence-corrected chi connectivity index (χ4v) is 2.61. The Labute approximate surface area is 118 Å². The molecule has 2 N–H and O–H groups in total. The third kappa shape index (κ3) is 3.36. The van der Waals surface area contributed by atoms with Gasteiger partial charge in [0.15, 0.2) is 0 Å². The molecule has 0 fully saturated rings. The van der Waals surface area contributed by atoms with Crippen LogP contribution < -0.4 is 5.73 Å². The monoisotopic (exact) mass is 295 g/mol. The second-order valence-corrected chi connectivity index (χ2v) is 5.09. The van der Waals surface area contributed by atoms with E-state index in [1.807, 2.05) is 24.3 Å². The van der Waals surface area contributed by atoms with Gasteiger partial charge in [0.05, 0.1) is 9.95 Å². The van der Waals surface area contributed by atoms with Crippen LogP contribution in [0, 0.1) is 10.1 Å². The number of benzene rings is 1. The quantitative estimate of drug-likeness (QED) is 0.530. The van der Waals surface area contributed by atoms with Gasteiger partial charge in [-0.3, -0.25) is 10.1 Å². The van der Waals surface area contributed by atoms with Gasteiger partial charge in [0.2, 0.25) is 5.82 Å². The first-order valence-electron chi connectivity index (χ1n) is 5.35. The first-order chi connectivity index (χ1) is 9.08. The van der Waals surface area contributed by atoms with Gasteiger partial charge in [0.25, 0.3) is 0 Å². The van der Waals surface area contributed by atoms with Gasteiger partial charge in [-0.2, -0.15) is 0 Å². The number of nitrogens with two attached hydrogens (primary N) is 1. The van der Waals surface area contributed by atoms with Gasteiger partial charge in [-0.05, 0) is 17.7 Å². The van der Waals surface area contributed by atoms with Crippen molar-refractivity contribution in [2.45, 2.75) is 10.8 Å². The fourth-order valence-electron chi connectivity index (χ4n) is 1.45. The zero-order chi connectivity index (χ0) is 13.8. The molecular weight excluding hydrogens is 286 g/mol. The number of hydrogen-bond donors (Lipinski definition) is 1. The van der Waals surface area contributed by atoms with E-state index in [2.05, 4.69) is 4.98 Å². The van der Waals surface area contributed by atoms with Crippen molar-refractivity contribution in [1.82, 2.24) is 4.98 Å². The van der Waals surface area contributed by atoms with Crippen molar-refractivity contribution in [3.05, 3.63) is 57.1 Å². The Bertz CT molecular complexity index is 622. The minimum absolute atomic E-state index is 0.0749. The Morgan fingerprint density at radius 3 is 2.68 bits per heavy atom. The lowest BCUT2D eigenvalue weighted by atomic mass is 10.2. The second kappa shape index (κ2) is 5.90. The summed E-state index contributed by atoms with van der Waals surface area (Å²) >= 11 is 7.46. The largest absolute Gasteiger partial charge is 0.378 e. The highest BCUT2D eigenvalue weighted by molar-refractivity contribution is 7.98. The molecule has 0 aliphatic carbocycles. The summed E-state index contributed by atoms with van der Waals surface area (Å²) in [5.41, 5.74) is 6.33. The highest BCUT2D eigenvalue weighted by Crippen LogP contribution is 2.28. The second-order valence-electron chi connectivity index (χ2n) is 3.69. The van der Waals surface area contributed by atoms with Crippen molar-refractivity contribution in [2.24, 2.45) is 0 Å². The third-order valence-corrected chi connectivity index (χ3v) is 3.75. The average molecular weight is 296 g/mol. The van der Waals surface area contributed by atoms with Crippen molar-refractivity contribution in [1.29, 1.82) is 0 Å². The van der Waals surface area contributed by atoms with Crippen LogP contribution >= 0.6 is 23.4 Å². The molecule has 0 amide bonds. The molecular formula is C12H10ClN3O2S. The van der Waals surface area contributed by atoms with Crippen LogP contribution in [-0.2, 0) is 5.75 Å². The summed E-state index contributed by atoms with van der Waals surface area (Å²) in [5.74, 6) is 0.554. The normalized spacial score (nSPS) is 10.4. The van der Waals surface area contributed by atoms with Gasteiger partial charge in [-0.25, -0.2) is 4.98 Å². The van der Waals surface area contributed by atoms with Crippen molar-refractivity contribution in [3.8, 4) is 0 Å². The molecule has 1 heterocycles. The van der Waals surface area contributed by atoms with Gasteiger partial charge in [-0.15, -0.1) is 11.8 Å². The Hall–Kier alpha value is -1.79. The zero-order valence-electron chi connectivity index (χ0n) is 9.75. The summed E-state index contributed by atoms with van der Waals surface area (Å²) in [7, 11) is 0. The van der Waals surface area contributed by atoms with Crippen LogP contribution in [-0.4, -0.2) is 9.91 Å². The van der Waals surface area contributed by atoms with E-state index in [0.29, 0.717) is 15.8 Å². The Balaban J connectivity index is 2.11. The minimum Gasteiger partial charge on any atom is -0.378 e. The highest BCUT2D eigenvalue weighted by atomic mass is 35.5. The maximum atomic E-state index is 10.6. The van der Waals surface area contributed by atoms with Gasteiger partial charge in [0.1, 0.15) is 0 Å². The highest BCUT2D eigenvalue weighted by Gasteiger charge is 2.13. The molecule has 0 aliphatic heterocycles. The smallest absolute Gasteiger partial charge is 0.311 e. The minimum atomic E-state index is -0.551. The molecule has 0 atom stereocenters. The molecule has 2 rings (SSSR count). The maximum absolute atomic E-state index is 10.6. The lowest BCUT2D eigenvalue weighted by Crippen LogP contribution is -1.99. The average Bonchev–Trinajstić information content (AvgIpc) is 2.37. The van der Waals surface area contributed by atoms with Crippen LogP contribution in [0.15, 0.2) is 41.4 Å². The lowest BCUT2D eigenvalue weighted by Gasteiger charge is -2.04. The molecule has 0 saturated carbocycles. The number of rotatable bonds is 4. The number of nitrogens with zero attached hydrogens (tertiary/aromatic N) is 2. The lowest BCUT2D eigenvalue weighted by molar-refractivity contribution is -0.384. The summed E-state index contributed by atoms with van der Waals surface area (Å²) in [5, 5.41) is 11.9. The van der Waals surface area contributed by atoms with Crippen LogP contribution in [0.25, 0.3) is 0 Å². The molecule has 0 aliphatic rings. The molecule has 1 aromatic heterocycles. The molecule has 1 aromatic carbocycles. The SMILES string of the molecule is Nc1nc(SCc2ccccc2Cl)ccc1[N+](=O)[O-]. The number of nitro groups is 1. The molecule has 0 spiro atoms. The zero-order valence-corrected chi connectivity index (χ0v) is 11.3. The van der Waals surface area contributed by atoms with Gasteiger partial charge in [-0.1, -0.05) is 29.8 Å². The van der Waals surface area contributed by atoms with Gasteiger partial charge < -0.3 is 5.73 Å². The predicted molar refractivity (Wildman–Crippen MR) is 76.3 cm³/mol. The number of anilines is 1. The summed E-state index contributed by atoms with van der Waals surface area (Å²) in [4.78, 5) is 14.1. The van der Waals surface area contributed by atoms with Crippen molar-refractivity contribution < 1.29 is 4.92 Å². The number of thioether (sulfide) groups is 1. The van der Waals surface area contributed by atoms with Crippen LogP contribution in [0.3, 0.4) is 0 Å². The van der Waals surface area contributed by atoms with E-state index in [1.54, 1.807) is 6.07 Å². The van der Waals surface area contributed by atoms with E-state index >= 15 is 0 Å². The number of halogens is 1. The molecule has 19 heavy (non-hydrogen) atoms. The van der Waals surface area contributed by atoms with E-state index in [1.165, 1.54) is 17.8 Å². The van der Waals surface area contributed by atoms with Crippen molar-refractivity contribution in [2.75, 3.05) is 5.73 Å². The molecule has 0 radical (unpaired) electrons. The van der Waals surface area contributed by atoms with Gasteiger partial charge >= 0.3 is 5.69 Å². The molecule has 2 aromatic rings. The van der Waals surface area contributed by atoms with E-state index in [9.17, 15) is 10.1 Å². The Morgan fingerprint density at radius 1 is 1.32 bits per heavy atom. The molecule has 98 valence electrons. The number of aromatic nitrogens is 1. The van der Waals surface area contributed by atoms with Crippen molar-refractivity contribution >= 4 is 34.9 Å². The topological polar surface area (TPSA) is 82.0 Å². The van der Waals surface area contributed by atoms with E-state index in [4.69, 9.17) is 17.3 Å². The third-order valence-electron chi connectivity index (χ3n) is 2.41. The molecule has 0 saturated heterocycles. The Morgan fingerprint density at radius 2 is 2.05 bits per heavy atom. The summed E-state index contributed by atoms with van der Waals surface area (Å²) in [6.45, 7) is 0. The molecule has 7 heteroatoms. The van der Waals surface area contributed by atoms with Crippen LogP contribution in [0.5, 0.6) is 0 Å². The number of nitrogen functional groups attached to an aromatic ring is 1. The summed E-state index contributed by atoms with van der Waals surface area (Å²) in [6, 6.07) is 10.4. The van der Waals surface area contributed by atoms with E-state index < -0.39 is 4.92 Å². The number of hydrogen-bond acceptors (Lipinski definition) is 5. The fraction of sp³-hybridized carbons (Fsp3) is 0.0833. The number of pyridine rings is 1. The molecule has 0 unspecified atom stereocenters. The van der Waals surface area contributed by atoms with E-state index in [-0.39, 0.29) is 11.5 Å². The first-order valence-corrected chi connectivity index (χ1v) is 6.71. The van der Waals surface area contributed by atoms with Crippen molar-refractivity contribution in [3.63, 3.8) is 0 Å². The van der Waals surface area contributed by atoms with Gasteiger partial charge in [0, 0.05) is 16.8 Å². The Kier molecular flexibility index (Phi) is 4.24. The van der Waals surface area contributed by atoms with Crippen LogP contribution in [0.1, 0.15) is 5.56 Å². The van der Waals surface area contributed by atoms with E-state index in [0.717, 1.165) is 5.56 Å². The first kappa shape index (κ1) is 13.6. The molecule has 0 bridgehead atoms. The predicted octanol–water partition coefficient (Wildman–Crippen LogP) is 3.52. The van der Waals surface area contributed by atoms with Crippen LogP contribution in [0.4, 0.5) is 11.5 Å². The standard InChI is InChI=1S/C12H10ClN3O2S/c13-9-4-2-1-3-8(9)7-19-11-6-5-10(16(17)18)12(14)15-11/h1-6H,7H2,(H2,14,15). The summed E-state index contributed by atoms with van der Waals surface area (Å²) < 4.78 is 0. The van der Waals surface area contributed by atoms with Crippen LogP contribution in [0.2, 0.25) is 5.02 Å².